The highest BCUT2D eigenvalue weighted by atomic mass is 16.5. The van der Waals surface area contributed by atoms with Crippen molar-refractivity contribution in [2.75, 3.05) is 13.7 Å². The van der Waals surface area contributed by atoms with Gasteiger partial charge < -0.3 is 9.47 Å². The molecule has 0 amide bonds. The fourth-order valence-corrected chi connectivity index (χ4v) is 2.11. The molecule has 0 spiro atoms. The summed E-state index contributed by atoms with van der Waals surface area (Å²) in [5.74, 6) is 0.136. The minimum absolute atomic E-state index is 0.102. The van der Waals surface area contributed by atoms with Crippen LogP contribution in [-0.2, 0) is 11.3 Å². The maximum atomic E-state index is 12.1. The van der Waals surface area contributed by atoms with E-state index < -0.39 is 11.5 Å². The fourth-order valence-electron chi connectivity index (χ4n) is 2.11. The minimum atomic E-state index is -0.426. The molecule has 24 heavy (non-hydrogen) atoms. The summed E-state index contributed by atoms with van der Waals surface area (Å²) in [6.07, 6.45) is 0. The van der Waals surface area contributed by atoms with Crippen molar-refractivity contribution < 1.29 is 14.3 Å². The van der Waals surface area contributed by atoms with Crippen LogP contribution in [0.5, 0.6) is 5.75 Å². The molecule has 1 aromatic heterocycles. The van der Waals surface area contributed by atoms with E-state index in [2.05, 4.69) is 9.84 Å². The molecule has 0 fully saturated rings. The van der Waals surface area contributed by atoms with Crippen molar-refractivity contribution in [2.24, 2.45) is 0 Å². The zero-order valence-corrected chi connectivity index (χ0v) is 13.7. The quantitative estimate of drug-likeness (QED) is 0.774. The number of methoxy groups -OCH3 is 1. The van der Waals surface area contributed by atoms with Crippen LogP contribution < -0.4 is 10.3 Å². The Morgan fingerprint density at radius 3 is 2.54 bits per heavy atom. The highest BCUT2D eigenvalue weighted by Gasteiger charge is 2.11. The number of hydrogen-bond acceptors (Lipinski definition) is 6. The number of carbonyl (C=O) groups is 1. The van der Waals surface area contributed by atoms with Crippen molar-refractivity contribution in [2.45, 2.75) is 20.4 Å². The first-order valence-electron chi connectivity index (χ1n) is 7.27. The second-order valence-corrected chi connectivity index (χ2v) is 5.09. The third-order valence-corrected chi connectivity index (χ3v) is 3.60. The number of benzene rings is 1. The molecule has 124 valence electrons. The lowest BCUT2D eigenvalue weighted by Crippen LogP contribution is -2.29. The van der Waals surface area contributed by atoms with E-state index in [1.54, 1.807) is 38.1 Å². The van der Waals surface area contributed by atoms with Gasteiger partial charge in [0.1, 0.15) is 24.0 Å². The van der Waals surface area contributed by atoms with Crippen LogP contribution in [0.3, 0.4) is 0 Å². The van der Waals surface area contributed by atoms with Gasteiger partial charge in [0, 0.05) is 0 Å². The lowest BCUT2D eigenvalue weighted by molar-refractivity contribution is 0.0600. The first kappa shape index (κ1) is 17.2. The number of aryl methyl sites for hydroxylation is 1. The van der Waals surface area contributed by atoms with E-state index in [-0.39, 0.29) is 18.7 Å². The molecule has 0 bridgehead atoms. The number of hydrogen-bond donors (Lipinski definition) is 0. The van der Waals surface area contributed by atoms with Crippen molar-refractivity contribution in [1.29, 1.82) is 5.26 Å². The standard InChI is InChI=1S/C17H17N3O4/c1-11-12(2)19-20(16(21)15(11)10-18)8-9-24-14-6-4-13(5-7-14)17(22)23-3/h4-7H,8-9H2,1-3H3. The molecule has 2 aromatic rings. The van der Waals surface area contributed by atoms with E-state index in [0.717, 1.165) is 0 Å². The first-order valence-corrected chi connectivity index (χ1v) is 7.27. The van der Waals surface area contributed by atoms with Crippen LogP contribution in [-0.4, -0.2) is 29.5 Å². The van der Waals surface area contributed by atoms with Gasteiger partial charge in [0.2, 0.25) is 0 Å². The number of rotatable bonds is 5. The fraction of sp³-hybridized carbons (Fsp3) is 0.294. The normalized spacial score (nSPS) is 10.1. The van der Waals surface area contributed by atoms with Crippen LogP contribution in [0.2, 0.25) is 0 Å². The van der Waals surface area contributed by atoms with E-state index in [0.29, 0.717) is 22.6 Å². The maximum Gasteiger partial charge on any atom is 0.337 e. The average molecular weight is 327 g/mol. The average Bonchev–Trinajstić information content (AvgIpc) is 2.60. The highest BCUT2D eigenvalue weighted by molar-refractivity contribution is 5.89. The summed E-state index contributed by atoms with van der Waals surface area (Å²) < 4.78 is 11.4. The molecular weight excluding hydrogens is 310 g/mol. The molecule has 0 unspecified atom stereocenters. The summed E-state index contributed by atoms with van der Waals surface area (Å²) in [4.78, 5) is 23.5. The molecule has 7 nitrogen and oxygen atoms in total. The van der Waals surface area contributed by atoms with Crippen LogP contribution >= 0.6 is 0 Å². The predicted octanol–water partition coefficient (Wildman–Crippen LogP) is 1.60. The Balaban J connectivity index is 2.05. The lowest BCUT2D eigenvalue weighted by atomic mass is 10.1. The van der Waals surface area contributed by atoms with Crippen LogP contribution in [0.4, 0.5) is 0 Å². The third kappa shape index (κ3) is 3.60. The van der Waals surface area contributed by atoms with Crippen LogP contribution in [0.15, 0.2) is 29.1 Å². The van der Waals surface area contributed by atoms with Gasteiger partial charge in [0.05, 0.1) is 24.9 Å². The van der Waals surface area contributed by atoms with Gasteiger partial charge in [-0.15, -0.1) is 0 Å². The number of carbonyl (C=O) groups excluding carboxylic acids is 1. The van der Waals surface area contributed by atoms with Gasteiger partial charge in [-0.3, -0.25) is 4.79 Å². The SMILES string of the molecule is COC(=O)c1ccc(OCCn2nc(C)c(C)c(C#N)c2=O)cc1. The second-order valence-electron chi connectivity index (χ2n) is 5.09. The molecule has 7 heteroatoms. The van der Waals surface area contributed by atoms with Gasteiger partial charge in [-0.05, 0) is 43.7 Å². The Morgan fingerprint density at radius 2 is 1.96 bits per heavy atom. The summed E-state index contributed by atoms with van der Waals surface area (Å²) in [6, 6.07) is 8.39. The lowest BCUT2D eigenvalue weighted by Gasteiger charge is -2.10. The Labute approximate surface area is 139 Å². The maximum absolute atomic E-state index is 12.1. The molecule has 2 rings (SSSR count). The number of aromatic nitrogens is 2. The summed E-state index contributed by atoms with van der Waals surface area (Å²) in [5, 5.41) is 13.3. The van der Waals surface area contributed by atoms with E-state index >= 15 is 0 Å². The zero-order valence-electron chi connectivity index (χ0n) is 13.7. The molecule has 0 saturated heterocycles. The number of nitriles is 1. The van der Waals surface area contributed by atoms with Crippen molar-refractivity contribution in [3.05, 3.63) is 57.0 Å². The topological polar surface area (TPSA) is 94.2 Å². The second kappa shape index (κ2) is 7.42. The third-order valence-electron chi connectivity index (χ3n) is 3.60. The number of ether oxygens (including phenoxy) is 2. The van der Waals surface area contributed by atoms with E-state index in [1.165, 1.54) is 11.8 Å². The van der Waals surface area contributed by atoms with Crippen LogP contribution in [0, 0.1) is 25.2 Å². The minimum Gasteiger partial charge on any atom is -0.492 e. The van der Waals surface area contributed by atoms with E-state index in [9.17, 15) is 9.59 Å². The monoisotopic (exact) mass is 327 g/mol. The van der Waals surface area contributed by atoms with Gasteiger partial charge in [0.15, 0.2) is 0 Å². The molecule has 0 aliphatic carbocycles. The smallest absolute Gasteiger partial charge is 0.337 e. The molecule has 0 atom stereocenters. The Hall–Kier alpha value is -3.14. The molecule has 0 aliphatic heterocycles. The van der Waals surface area contributed by atoms with Gasteiger partial charge >= 0.3 is 5.97 Å². The van der Waals surface area contributed by atoms with Gasteiger partial charge in [-0.2, -0.15) is 10.4 Å². The summed E-state index contributed by atoms with van der Waals surface area (Å²) in [7, 11) is 1.32. The molecule has 1 heterocycles. The van der Waals surface area contributed by atoms with E-state index in [1.807, 2.05) is 6.07 Å². The van der Waals surface area contributed by atoms with E-state index in [4.69, 9.17) is 10.00 Å². The predicted molar refractivity (Wildman–Crippen MR) is 86.0 cm³/mol. The van der Waals surface area contributed by atoms with Crippen molar-refractivity contribution in [1.82, 2.24) is 9.78 Å². The molecule has 0 N–H and O–H groups in total. The number of esters is 1. The first-order chi connectivity index (χ1) is 11.5. The van der Waals surface area contributed by atoms with Gasteiger partial charge in [0.25, 0.3) is 5.56 Å². The Kier molecular flexibility index (Phi) is 5.32. The van der Waals surface area contributed by atoms with Crippen molar-refractivity contribution in [3.63, 3.8) is 0 Å². The summed E-state index contributed by atoms with van der Waals surface area (Å²) in [6.45, 7) is 3.87. The molecule has 1 aromatic carbocycles. The molecule has 0 aliphatic rings. The van der Waals surface area contributed by atoms with Gasteiger partial charge in [-0.1, -0.05) is 0 Å². The van der Waals surface area contributed by atoms with Gasteiger partial charge in [-0.25, -0.2) is 9.48 Å². The Bertz CT molecular complexity index is 848. The summed E-state index contributed by atoms with van der Waals surface area (Å²) in [5.41, 5.74) is 1.33. The largest absolute Gasteiger partial charge is 0.492 e. The van der Waals surface area contributed by atoms with Crippen LogP contribution in [0.25, 0.3) is 0 Å². The molecular formula is C17H17N3O4. The number of nitrogens with zero attached hydrogens (tertiary/aromatic N) is 3. The zero-order chi connectivity index (χ0) is 17.7. The molecule has 0 saturated carbocycles. The summed E-state index contributed by atoms with van der Waals surface area (Å²) >= 11 is 0. The van der Waals surface area contributed by atoms with Crippen molar-refractivity contribution in [3.8, 4) is 11.8 Å². The molecule has 0 radical (unpaired) electrons. The highest BCUT2D eigenvalue weighted by Crippen LogP contribution is 2.13. The Morgan fingerprint density at radius 1 is 1.29 bits per heavy atom. The van der Waals surface area contributed by atoms with Crippen molar-refractivity contribution >= 4 is 5.97 Å². The van der Waals surface area contributed by atoms with Crippen LogP contribution in [0.1, 0.15) is 27.2 Å².